The second kappa shape index (κ2) is 7.60. The summed E-state index contributed by atoms with van der Waals surface area (Å²) >= 11 is 6.14. The number of anilines is 1. The minimum absolute atomic E-state index is 0.135. The highest BCUT2D eigenvalue weighted by molar-refractivity contribution is 6.32. The van der Waals surface area contributed by atoms with Gasteiger partial charge >= 0.3 is 0 Å². The van der Waals surface area contributed by atoms with Gasteiger partial charge in [-0.1, -0.05) is 11.6 Å². The lowest BCUT2D eigenvalue weighted by molar-refractivity contribution is -0.127. The first-order valence-electron chi connectivity index (χ1n) is 8.77. The van der Waals surface area contributed by atoms with Gasteiger partial charge in [-0.05, 0) is 50.5 Å². The summed E-state index contributed by atoms with van der Waals surface area (Å²) in [7, 11) is 1.80. The summed E-state index contributed by atoms with van der Waals surface area (Å²) in [5.74, 6) is 0.845. The number of rotatable bonds is 5. The van der Waals surface area contributed by atoms with E-state index in [1.807, 2.05) is 26.8 Å². The molecule has 27 heavy (non-hydrogen) atoms. The number of benzene rings is 1. The fraction of sp³-hybridized carbons (Fsp3) is 0.421. The van der Waals surface area contributed by atoms with Crippen molar-refractivity contribution < 1.29 is 14.3 Å². The zero-order chi connectivity index (χ0) is 19.7. The lowest BCUT2D eigenvalue weighted by Gasteiger charge is -2.17. The maximum absolute atomic E-state index is 12.6. The van der Waals surface area contributed by atoms with Gasteiger partial charge in [0.05, 0.1) is 5.69 Å². The topological polar surface area (TPSA) is 76.5 Å². The molecular weight excluding hydrogens is 368 g/mol. The van der Waals surface area contributed by atoms with Crippen LogP contribution in [-0.4, -0.2) is 40.8 Å². The first-order valence-corrected chi connectivity index (χ1v) is 9.15. The molecule has 0 radical (unpaired) electrons. The Balaban J connectivity index is 1.57. The molecule has 0 saturated carbocycles. The van der Waals surface area contributed by atoms with Gasteiger partial charge in [-0.25, -0.2) is 0 Å². The van der Waals surface area contributed by atoms with E-state index in [1.165, 1.54) is 0 Å². The van der Waals surface area contributed by atoms with Crippen molar-refractivity contribution in [2.24, 2.45) is 7.05 Å². The van der Waals surface area contributed by atoms with Crippen molar-refractivity contribution in [2.75, 3.05) is 18.1 Å². The smallest absolute Gasteiger partial charge is 0.258 e. The van der Waals surface area contributed by atoms with Crippen LogP contribution in [-0.2, 0) is 16.6 Å². The first kappa shape index (κ1) is 19.2. The molecule has 8 heteroatoms. The van der Waals surface area contributed by atoms with Crippen molar-refractivity contribution in [1.29, 1.82) is 0 Å². The number of carbonyl (C=O) groups is 2. The SMILES string of the molecule is Cc1cc(N2CCC(NC(=O)COc3cc(C)c(Cl)c(C)c3)C2=O)n(C)n1. The molecule has 1 atom stereocenters. The Labute approximate surface area is 163 Å². The number of hydrogen-bond donors (Lipinski definition) is 1. The van der Waals surface area contributed by atoms with E-state index in [0.29, 0.717) is 23.7 Å². The van der Waals surface area contributed by atoms with Gasteiger partial charge in [-0.15, -0.1) is 0 Å². The molecule has 1 aromatic heterocycles. The van der Waals surface area contributed by atoms with Crippen LogP contribution in [0.1, 0.15) is 23.2 Å². The Morgan fingerprint density at radius 1 is 1.30 bits per heavy atom. The Bertz CT molecular complexity index is 870. The third kappa shape index (κ3) is 4.08. The Morgan fingerprint density at radius 2 is 1.96 bits per heavy atom. The number of carbonyl (C=O) groups excluding carboxylic acids is 2. The lowest BCUT2D eigenvalue weighted by Crippen LogP contribution is -2.43. The van der Waals surface area contributed by atoms with E-state index >= 15 is 0 Å². The number of aromatic nitrogens is 2. The molecule has 2 aromatic rings. The molecular formula is C19H23ClN4O3. The van der Waals surface area contributed by atoms with Crippen LogP contribution in [0.4, 0.5) is 5.82 Å². The molecule has 2 amide bonds. The summed E-state index contributed by atoms with van der Waals surface area (Å²) in [6.45, 7) is 6.03. The lowest BCUT2D eigenvalue weighted by atomic mass is 10.1. The minimum Gasteiger partial charge on any atom is -0.484 e. The largest absolute Gasteiger partial charge is 0.484 e. The summed E-state index contributed by atoms with van der Waals surface area (Å²) < 4.78 is 7.23. The third-order valence-electron chi connectivity index (χ3n) is 4.57. The zero-order valence-corrected chi connectivity index (χ0v) is 16.6. The van der Waals surface area contributed by atoms with Crippen molar-refractivity contribution in [3.8, 4) is 5.75 Å². The van der Waals surface area contributed by atoms with Crippen LogP contribution >= 0.6 is 11.6 Å². The van der Waals surface area contributed by atoms with Crippen LogP contribution in [0.3, 0.4) is 0 Å². The minimum atomic E-state index is -0.551. The molecule has 1 aliphatic rings. The highest BCUT2D eigenvalue weighted by atomic mass is 35.5. The number of aryl methyl sites for hydroxylation is 4. The van der Waals surface area contributed by atoms with Gasteiger partial charge in [0.25, 0.3) is 11.8 Å². The number of halogens is 1. The number of nitrogens with one attached hydrogen (secondary N) is 1. The molecule has 2 heterocycles. The van der Waals surface area contributed by atoms with Gasteiger partial charge in [0, 0.05) is 24.7 Å². The van der Waals surface area contributed by atoms with Crippen LogP contribution in [0.25, 0.3) is 0 Å². The fourth-order valence-corrected chi connectivity index (χ4v) is 3.37. The van der Waals surface area contributed by atoms with E-state index in [1.54, 1.807) is 28.8 Å². The zero-order valence-electron chi connectivity index (χ0n) is 15.9. The van der Waals surface area contributed by atoms with E-state index in [9.17, 15) is 9.59 Å². The van der Waals surface area contributed by atoms with Crippen molar-refractivity contribution in [1.82, 2.24) is 15.1 Å². The fourth-order valence-electron chi connectivity index (χ4n) is 3.27. The molecule has 0 spiro atoms. The normalized spacial score (nSPS) is 16.7. The van der Waals surface area contributed by atoms with Gasteiger partial charge < -0.3 is 10.1 Å². The predicted octanol–water partition coefficient (Wildman–Crippen LogP) is 2.30. The highest BCUT2D eigenvalue weighted by Crippen LogP contribution is 2.26. The highest BCUT2D eigenvalue weighted by Gasteiger charge is 2.35. The molecule has 3 rings (SSSR count). The summed E-state index contributed by atoms with van der Waals surface area (Å²) in [5, 5.41) is 7.71. The third-order valence-corrected chi connectivity index (χ3v) is 5.17. The van der Waals surface area contributed by atoms with E-state index < -0.39 is 6.04 Å². The molecule has 144 valence electrons. The number of nitrogens with zero attached hydrogens (tertiary/aromatic N) is 3. The molecule has 7 nitrogen and oxygen atoms in total. The van der Waals surface area contributed by atoms with Gasteiger partial charge in [-0.2, -0.15) is 5.10 Å². The van der Waals surface area contributed by atoms with Gasteiger partial charge in [0.2, 0.25) is 0 Å². The molecule has 1 aliphatic heterocycles. The van der Waals surface area contributed by atoms with E-state index in [4.69, 9.17) is 16.3 Å². The molecule has 0 aliphatic carbocycles. The monoisotopic (exact) mass is 390 g/mol. The van der Waals surface area contributed by atoms with Gasteiger partial charge in [0.15, 0.2) is 6.61 Å². The van der Waals surface area contributed by atoms with Crippen LogP contribution in [0.15, 0.2) is 18.2 Å². The standard InChI is InChI=1S/C19H23ClN4O3/c1-11-7-14(8-12(2)18(11)20)27-10-16(25)21-15-5-6-24(19(15)26)17-9-13(3)22-23(17)4/h7-9,15H,5-6,10H2,1-4H3,(H,21,25). The molecule has 1 N–H and O–H groups in total. The molecule has 0 bridgehead atoms. The van der Waals surface area contributed by atoms with Crippen LogP contribution in [0.5, 0.6) is 5.75 Å². The van der Waals surface area contributed by atoms with E-state index in [0.717, 1.165) is 22.6 Å². The van der Waals surface area contributed by atoms with Crippen LogP contribution < -0.4 is 15.0 Å². The van der Waals surface area contributed by atoms with Crippen molar-refractivity contribution in [2.45, 2.75) is 33.2 Å². The second-order valence-corrected chi connectivity index (χ2v) is 7.20. The van der Waals surface area contributed by atoms with Crippen LogP contribution in [0, 0.1) is 20.8 Å². The van der Waals surface area contributed by atoms with Gasteiger partial charge in [-0.3, -0.25) is 19.2 Å². The summed E-state index contributed by atoms with van der Waals surface area (Å²) in [6, 6.07) is 4.88. The first-order chi connectivity index (χ1) is 12.8. The Kier molecular flexibility index (Phi) is 5.41. The van der Waals surface area contributed by atoms with Crippen molar-refractivity contribution in [3.63, 3.8) is 0 Å². The molecule has 1 saturated heterocycles. The van der Waals surface area contributed by atoms with E-state index in [-0.39, 0.29) is 18.4 Å². The molecule has 1 unspecified atom stereocenters. The average Bonchev–Trinajstić information content (AvgIpc) is 3.12. The molecule has 1 aromatic carbocycles. The number of hydrogen-bond acceptors (Lipinski definition) is 4. The van der Waals surface area contributed by atoms with E-state index in [2.05, 4.69) is 10.4 Å². The van der Waals surface area contributed by atoms with Gasteiger partial charge in [0.1, 0.15) is 17.6 Å². The van der Waals surface area contributed by atoms with Crippen LogP contribution in [0.2, 0.25) is 5.02 Å². The maximum atomic E-state index is 12.6. The van der Waals surface area contributed by atoms with Crippen molar-refractivity contribution in [3.05, 3.63) is 40.0 Å². The van der Waals surface area contributed by atoms with Crippen molar-refractivity contribution >= 4 is 29.2 Å². The predicted molar refractivity (Wildman–Crippen MR) is 103 cm³/mol. The average molecular weight is 391 g/mol. The summed E-state index contributed by atoms with van der Waals surface area (Å²) in [4.78, 5) is 26.5. The maximum Gasteiger partial charge on any atom is 0.258 e. The number of amides is 2. The quantitative estimate of drug-likeness (QED) is 0.849. The Hall–Kier alpha value is -2.54. The number of ether oxygens (including phenoxy) is 1. The summed E-state index contributed by atoms with van der Waals surface area (Å²) in [5.41, 5.74) is 2.62. The summed E-state index contributed by atoms with van der Waals surface area (Å²) in [6.07, 6.45) is 0.550. The Morgan fingerprint density at radius 3 is 2.56 bits per heavy atom. The molecule has 1 fully saturated rings. The second-order valence-electron chi connectivity index (χ2n) is 6.83.